The molecule has 0 aliphatic heterocycles. The first kappa shape index (κ1) is 20.0. The number of aliphatic hydroxyl groups excluding tert-OH is 1. The van der Waals surface area contributed by atoms with Crippen LogP contribution in [0.5, 0.6) is 0 Å². The van der Waals surface area contributed by atoms with Crippen LogP contribution in [-0.2, 0) is 9.59 Å². The van der Waals surface area contributed by atoms with Gasteiger partial charge in [0.1, 0.15) is 12.6 Å². The van der Waals surface area contributed by atoms with Crippen molar-refractivity contribution in [3.63, 3.8) is 0 Å². The van der Waals surface area contributed by atoms with Crippen LogP contribution in [0.1, 0.15) is 52.9 Å². The summed E-state index contributed by atoms with van der Waals surface area (Å²) in [4.78, 5) is 23.5. The first-order valence-electron chi connectivity index (χ1n) is 8.97. The first-order chi connectivity index (χ1) is 11.5. The van der Waals surface area contributed by atoms with Gasteiger partial charge in [-0.2, -0.15) is 0 Å². The van der Waals surface area contributed by atoms with Crippen molar-refractivity contribution in [2.45, 2.75) is 70.2 Å². The SMILES string of the molecule is CC(C)(O)C=CC=C(C=O)C1CCC2(C)CC(O)(CCC2O)C1C=O. The van der Waals surface area contributed by atoms with E-state index in [4.69, 9.17) is 0 Å². The van der Waals surface area contributed by atoms with Crippen LogP contribution in [-0.4, -0.2) is 45.2 Å². The van der Waals surface area contributed by atoms with E-state index in [2.05, 4.69) is 0 Å². The molecule has 0 aromatic heterocycles. The Kier molecular flexibility index (Phi) is 5.71. The van der Waals surface area contributed by atoms with Crippen molar-refractivity contribution in [1.82, 2.24) is 0 Å². The minimum Gasteiger partial charge on any atom is -0.393 e. The van der Waals surface area contributed by atoms with Crippen LogP contribution in [0, 0.1) is 17.3 Å². The highest BCUT2D eigenvalue weighted by Gasteiger charge is 2.54. The maximum absolute atomic E-state index is 11.8. The lowest BCUT2D eigenvalue weighted by Crippen LogP contribution is -2.51. The summed E-state index contributed by atoms with van der Waals surface area (Å²) in [6.45, 7) is 5.21. The van der Waals surface area contributed by atoms with E-state index in [1.165, 1.54) is 0 Å². The van der Waals surface area contributed by atoms with Crippen molar-refractivity contribution < 1.29 is 24.9 Å². The van der Waals surface area contributed by atoms with Crippen molar-refractivity contribution in [1.29, 1.82) is 0 Å². The normalized spacial score (nSPS) is 39.9. The van der Waals surface area contributed by atoms with Crippen molar-refractivity contribution >= 4 is 12.6 Å². The standard InChI is InChI=1S/C20H30O5/c1-18(2,24)8-4-5-14(11-21)15-6-9-19(3)13-20(25,16(15)12-22)10-7-17(19)23/h4-5,8,11-12,15-17,23-25H,6-7,9-10,13H2,1-3H3. The van der Waals surface area contributed by atoms with Gasteiger partial charge in [-0.1, -0.05) is 25.2 Å². The molecule has 0 spiro atoms. The second-order valence-electron chi connectivity index (χ2n) is 8.59. The highest BCUT2D eigenvalue weighted by atomic mass is 16.3. The van der Waals surface area contributed by atoms with E-state index >= 15 is 0 Å². The number of hydrogen-bond donors (Lipinski definition) is 3. The summed E-state index contributed by atoms with van der Waals surface area (Å²) in [5.74, 6) is -1.06. The molecular weight excluding hydrogens is 320 g/mol. The number of allylic oxidation sites excluding steroid dienone is 3. The molecule has 5 unspecified atom stereocenters. The quantitative estimate of drug-likeness (QED) is 0.400. The van der Waals surface area contributed by atoms with Crippen LogP contribution in [0.15, 0.2) is 23.8 Å². The van der Waals surface area contributed by atoms with Gasteiger partial charge in [-0.3, -0.25) is 4.79 Å². The molecule has 5 nitrogen and oxygen atoms in total. The summed E-state index contributed by atoms with van der Waals surface area (Å²) in [5.41, 5.74) is -2.19. The summed E-state index contributed by atoms with van der Waals surface area (Å²) in [7, 11) is 0. The number of aliphatic hydroxyl groups is 3. The fourth-order valence-electron chi connectivity index (χ4n) is 4.46. The van der Waals surface area contributed by atoms with Crippen LogP contribution in [0.4, 0.5) is 0 Å². The van der Waals surface area contributed by atoms with Gasteiger partial charge >= 0.3 is 0 Å². The summed E-state index contributed by atoms with van der Waals surface area (Å²) in [6.07, 6.45) is 8.18. The molecule has 0 saturated heterocycles. The topological polar surface area (TPSA) is 94.8 Å². The molecule has 0 aromatic rings. The van der Waals surface area contributed by atoms with Crippen LogP contribution in [0.25, 0.3) is 0 Å². The number of carbonyl (C=O) groups excluding carboxylic acids is 2. The maximum Gasteiger partial charge on any atom is 0.146 e. The summed E-state index contributed by atoms with van der Waals surface area (Å²) in [6, 6.07) is 0. The minimum atomic E-state index is -1.20. The average molecular weight is 350 g/mol. The molecule has 0 aromatic carbocycles. The zero-order chi connectivity index (χ0) is 18.9. The largest absolute Gasteiger partial charge is 0.393 e. The monoisotopic (exact) mass is 350 g/mol. The molecular formula is C20H30O5. The highest BCUT2D eigenvalue weighted by Crippen LogP contribution is 2.53. The predicted molar refractivity (Wildman–Crippen MR) is 94.8 cm³/mol. The van der Waals surface area contributed by atoms with E-state index in [0.29, 0.717) is 37.7 Å². The van der Waals surface area contributed by atoms with E-state index in [-0.39, 0.29) is 0 Å². The molecule has 2 fully saturated rings. The average Bonchev–Trinajstić information content (AvgIpc) is 2.60. The smallest absolute Gasteiger partial charge is 0.146 e. The van der Waals surface area contributed by atoms with Crippen molar-refractivity contribution in [2.24, 2.45) is 17.3 Å². The first-order valence-corrected chi connectivity index (χ1v) is 8.97. The number of carbonyl (C=O) groups is 2. The van der Waals surface area contributed by atoms with Crippen LogP contribution in [0.2, 0.25) is 0 Å². The molecule has 2 aliphatic rings. The third-order valence-corrected chi connectivity index (χ3v) is 5.95. The highest BCUT2D eigenvalue weighted by molar-refractivity contribution is 5.76. The number of hydrogen-bond acceptors (Lipinski definition) is 5. The molecule has 2 aliphatic carbocycles. The third kappa shape index (κ3) is 4.27. The number of fused-ring (bicyclic) bond motifs is 2. The fraction of sp³-hybridized carbons (Fsp3) is 0.700. The molecule has 25 heavy (non-hydrogen) atoms. The van der Waals surface area contributed by atoms with Gasteiger partial charge in [-0.25, -0.2) is 0 Å². The van der Waals surface area contributed by atoms with E-state index in [0.717, 1.165) is 12.6 Å². The van der Waals surface area contributed by atoms with E-state index in [1.807, 2.05) is 6.92 Å². The van der Waals surface area contributed by atoms with Gasteiger partial charge in [-0.15, -0.1) is 0 Å². The predicted octanol–water partition coefficient (Wildman–Crippen LogP) is 1.95. The second-order valence-corrected chi connectivity index (χ2v) is 8.59. The molecule has 2 saturated carbocycles. The van der Waals surface area contributed by atoms with Crippen molar-refractivity contribution in [3.05, 3.63) is 23.8 Å². The van der Waals surface area contributed by atoms with E-state index < -0.39 is 34.6 Å². The number of aldehydes is 2. The molecule has 3 N–H and O–H groups in total. The van der Waals surface area contributed by atoms with Gasteiger partial charge in [0.2, 0.25) is 0 Å². The molecule has 0 heterocycles. The lowest BCUT2D eigenvalue weighted by Gasteiger charge is -2.46. The van der Waals surface area contributed by atoms with E-state index in [9.17, 15) is 24.9 Å². The number of rotatable bonds is 5. The maximum atomic E-state index is 11.8. The Hall–Kier alpha value is -1.30. The van der Waals surface area contributed by atoms with Gasteiger partial charge in [0.25, 0.3) is 0 Å². The summed E-state index contributed by atoms with van der Waals surface area (Å²) < 4.78 is 0. The molecule has 140 valence electrons. The van der Waals surface area contributed by atoms with Gasteiger partial charge in [-0.05, 0) is 62.9 Å². The van der Waals surface area contributed by atoms with Gasteiger partial charge in [0.05, 0.1) is 23.2 Å². The molecule has 5 heteroatoms. The summed E-state index contributed by atoms with van der Waals surface area (Å²) >= 11 is 0. The van der Waals surface area contributed by atoms with Crippen molar-refractivity contribution in [3.8, 4) is 0 Å². The minimum absolute atomic E-state index is 0.356. The van der Waals surface area contributed by atoms with E-state index in [1.54, 1.807) is 32.1 Å². The zero-order valence-electron chi connectivity index (χ0n) is 15.3. The Morgan fingerprint density at radius 3 is 2.44 bits per heavy atom. The van der Waals surface area contributed by atoms with Crippen LogP contribution < -0.4 is 0 Å². The Balaban J connectivity index is 2.38. The fourth-order valence-corrected chi connectivity index (χ4v) is 4.46. The van der Waals surface area contributed by atoms with Gasteiger partial charge in [0.15, 0.2) is 0 Å². The molecule has 0 amide bonds. The summed E-state index contributed by atoms with van der Waals surface area (Å²) in [5, 5.41) is 31.3. The third-order valence-electron chi connectivity index (χ3n) is 5.95. The van der Waals surface area contributed by atoms with Crippen molar-refractivity contribution in [2.75, 3.05) is 0 Å². The van der Waals surface area contributed by atoms with Gasteiger partial charge in [0, 0.05) is 0 Å². The van der Waals surface area contributed by atoms with Gasteiger partial charge < -0.3 is 20.1 Å². The Morgan fingerprint density at radius 2 is 1.88 bits per heavy atom. The van der Waals surface area contributed by atoms with Crippen LogP contribution in [0.3, 0.4) is 0 Å². The Labute approximate surface area is 149 Å². The Morgan fingerprint density at radius 1 is 1.20 bits per heavy atom. The molecule has 2 rings (SSSR count). The molecule has 0 radical (unpaired) electrons. The lowest BCUT2D eigenvalue weighted by molar-refractivity contribution is -0.141. The lowest BCUT2D eigenvalue weighted by atomic mass is 9.63. The Bertz CT molecular complexity index is 573. The van der Waals surface area contributed by atoms with Crippen LogP contribution >= 0.6 is 0 Å². The molecule has 5 atom stereocenters. The molecule has 2 bridgehead atoms. The zero-order valence-corrected chi connectivity index (χ0v) is 15.3. The second kappa shape index (κ2) is 7.14.